The van der Waals surface area contributed by atoms with Crippen molar-refractivity contribution < 1.29 is 14.5 Å². The monoisotopic (exact) mass is 368 g/mol. The molecular formula is C21H24N2O4. The molecule has 0 N–H and O–H groups in total. The molecule has 1 heterocycles. The number of ether oxygens (including phenoxy) is 1. The fraction of sp³-hybridized carbons (Fsp3) is 0.381. The first-order valence-electron chi connectivity index (χ1n) is 9.27. The van der Waals surface area contributed by atoms with E-state index in [4.69, 9.17) is 4.74 Å². The Morgan fingerprint density at radius 1 is 1.19 bits per heavy atom. The van der Waals surface area contributed by atoms with Gasteiger partial charge in [0.2, 0.25) is 0 Å². The molecule has 1 amide bonds. The second-order valence-corrected chi connectivity index (χ2v) is 6.97. The zero-order valence-electron chi connectivity index (χ0n) is 15.4. The first-order valence-corrected chi connectivity index (χ1v) is 9.27. The van der Waals surface area contributed by atoms with E-state index in [0.29, 0.717) is 11.7 Å². The number of hydrogen-bond donors (Lipinski definition) is 0. The van der Waals surface area contributed by atoms with Gasteiger partial charge in [0.25, 0.3) is 11.6 Å². The molecule has 0 unspecified atom stereocenters. The van der Waals surface area contributed by atoms with Crippen molar-refractivity contribution in [1.29, 1.82) is 0 Å². The van der Waals surface area contributed by atoms with Crippen LogP contribution in [0.3, 0.4) is 0 Å². The van der Waals surface area contributed by atoms with Crippen LogP contribution < -0.4 is 4.74 Å². The van der Waals surface area contributed by atoms with Crippen LogP contribution in [0.4, 0.5) is 5.69 Å². The minimum Gasteiger partial charge on any atom is -0.481 e. The van der Waals surface area contributed by atoms with Crippen LogP contribution in [0.5, 0.6) is 5.75 Å². The lowest BCUT2D eigenvalue weighted by Crippen LogP contribution is -2.45. The van der Waals surface area contributed by atoms with Gasteiger partial charge < -0.3 is 9.64 Å². The van der Waals surface area contributed by atoms with Gasteiger partial charge in [-0.15, -0.1) is 0 Å². The summed E-state index contributed by atoms with van der Waals surface area (Å²) in [5.74, 6) is 0.855. The number of nitro benzene ring substituents is 1. The van der Waals surface area contributed by atoms with Gasteiger partial charge in [0, 0.05) is 19.2 Å². The molecular weight excluding hydrogens is 344 g/mol. The van der Waals surface area contributed by atoms with Crippen molar-refractivity contribution in [2.75, 3.05) is 13.1 Å². The third kappa shape index (κ3) is 5.06. The highest BCUT2D eigenvalue weighted by Crippen LogP contribution is 2.24. The lowest BCUT2D eigenvalue weighted by molar-refractivity contribution is -0.384. The molecule has 2 aromatic carbocycles. The van der Waals surface area contributed by atoms with Crippen LogP contribution in [0.25, 0.3) is 0 Å². The number of nitrogens with zero attached hydrogens (tertiary/aromatic N) is 2. The summed E-state index contributed by atoms with van der Waals surface area (Å²) < 4.78 is 5.65. The highest BCUT2D eigenvalue weighted by atomic mass is 16.6. The molecule has 0 saturated carbocycles. The average molecular weight is 368 g/mol. The van der Waals surface area contributed by atoms with E-state index < -0.39 is 11.0 Å². The number of benzene rings is 2. The van der Waals surface area contributed by atoms with E-state index in [9.17, 15) is 14.9 Å². The van der Waals surface area contributed by atoms with Crippen LogP contribution in [0, 0.1) is 16.0 Å². The van der Waals surface area contributed by atoms with Gasteiger partial charge >= 0.3 is 0 Å². The van der Waals surface area contributed by atoms with Gasteiger partial charge in [-0.2, -0.15) is 0 Å². The quantitative estimate of drug-likeness (QED) is 0.573. The molecule has 142 valence electrons. The zero-order valence-corrected chi connectivity index (χ0v) is 15.4. The SMILES string of the molecule is C[C@H](Oc1cccc([N+](=O)[O-])c1)C(=O)N1CCC(Cc2ccccc2)CC1. The van der Waals surface area contributed by atoms with Crippen molar-refractivity contribution in [2.45, 2.75) is 32.3 Å². The first-order chi connectivity index (χ1) is 13.0. The van der Waals surface area contributed by atoms with Crippen molar-refractivity contribution in [3.63, 3.8) is 0 Å². The number of carbonyl (C=O) groups is 1. The maximum Gasteiger partial charge on any atom is 0.273 e. The lowest BCUT2D eigenvalue weighted by atomic mass is 9.90. The summed E-state index contributed by atoms with van der Waals surface area (Å²) >= 11 is 0. The largest absolute Gasteiger partial charge is 0.481 e. The van der Waals surface area contributed by atoms with E-state index in [2.05, 4.69) is 24.3 Å². The van der Waals surface area contributed by atoms with E-state index in [1.54, 1.807) is 19.1 Å². The highest BCUT2D eigenvalue weighted by Gasteiger charge is 2.27. The molecule has 3 rings (SSSR count). The Labute approximate surface area is 158 Å². The van der Waals surface area contributed by atoms with Gasteiger partial charge in [0.15, 0.2) is 6.10 Å². The second-order valence-electron chi connectivity index (χ2n) is 6.97. The maximum atomic E-state index is 12.7. The molecule has 1 fully saturated rings. The first kappa shape index (κ1) is 18.9. The van der Waals surface area contributed by atoms with Gasteiger partial charge in [-0.3, -0.25) is 14.9 Å². The molecule has 1 aliphatic rings. The predicted octanol–water partition coefficient (Wildman–Crippen LogP) is 3.84. The van der Waals surface area contributed by atoms with Gasteiger partial charge in [-0.05, 0) is 43.7 Å². The minimum atomic E-state index is -0.669. The molecule has 6 nitrogen and oxygen atoms in total. The van der Waals surface area contributed by atoms with Gasteiger partial charge in [0.05, 0.1) is 11.0 Å². The Morgan fingerprint density at radius 3 is 2.56 bits per heavy atom. The summed E-state index contributed by atoms with van der Waals surface area (Å²) in [5.41, 5.74) is 1.29. The van der Waals surface area contributed by atoms with E-state index in [0.717, 1.165) is 32.4 Å². The van der Waals surface area contributed by atoms with Gasteiger partial charge in [-0.1, -0.05) is 36.4 Å². The molecule has 0 spiro atoms. The summed E-state index contributed by atoms with van der Waals surface area (Å²) in [7, 11) is 0. The topological polar surface area (TPSA) is 72.7 Å². The van der Waals surface area contributed by atoms with Crippen LogP contribution in [-0.4, -0.2) is 34.9 Å². The molecule has 0 aliphatic carbocycles. The fourth-order valence-corrected chi connectivity index (χ4v) is 3.49. The van der Waals surface area contributed by atoms with Crippen LogP contribution in [-0.2, 0) is 11.2 Å². The molecule has 1 saturated heterocycles. The molecule has 2 aromatic rings. The number of carbonyl (C=O) groups excluding carboxylic acids is 1. The number of hydrogen-bond acceptors (Lipinski definition) is 4. The Bertz CT molecular complexity index is 786. The standard InChI is InChI=1S/C21H24N2O4/c1-16(27-20-9-5-8-19(15-20)23(25)26)21(24)22-12-10-18(11-13-22)14-17-6-3-2-4-7-17/h2-9,15-16,18H,10-14H2,1H3/t16-/m0/s1. The highest BCUT2D eigenvalue weighted by molar-refractivity contribution is 5.81. The Morgan fingerprint density at radius 2 is 1.89 bits per heavy atom. The molecule has 0 bridgehead atoms. The third-order valence-electron chi connectivity index (χ3n) is 4.98. The summed E-state index contributed by atoms with van der Waals surface area (Å²) in [6.07, 6.45) is 2.33. The normalized spacial score (nSPS) is 16.0. The predicted molar refractivity (Wildman–Crippen MR) is 103 cm³/mol. The molecule has 27 heavy (non-hydrogen) atoms. The minimum absolute atomic E-state index is 0.0473. The molecule has 1 atom stereocenters. The van der Waals surface area contributed by atoms with Gasteiger partial charge in [-0.25, -0.2) is 0 Å². The van der Waals surface area contributed by atoms with E-state index in [1.807, 2.05) is 11.0 Å². The van der Waals surface area contributed by atoms with Crippen molar-refractivity contribution >= 4 is 11.6 Å². The fourth-order valence-electron chi connectivity index (χ4n) is 3.49. The molecule has 0 aromatic heterocycles. The number of non-ortho nitro benzene ring substituents is 1. The number of rotatable bonds is 6. The number of amides is 1. The summed E-state index contributed by atoms with van der Waals surface area (Å²) in [5, 5.41) is 10.9. The van der Waals surface area contributed by atoms with Crippen LogP contribution in [0.15, 0.2) is 54.6 Å². The number of nitro groups is 1. The van der Waals surface area contributed by atoms with Crippen molar-refractivity contribution in [2.24, 2.45) is 5.92 Å². The summed E-state index contributed by atoms with van der Waals surface area (Å²) in [6, 6.07) is 16.4. The Hall–Kier alpha value is -2.89. The average Bonchev–Trinajstić information content (AvgIpc) is 2.69. The van der Waals surface area contributed by atoms with Crippen molar-refractivity contribution in [3.8, 4) is 5.75 Å². The molecule has 6 heteroatoms. The van der Waals surface area contributed by atoms with Crippen LogP contribution >= 0.6 is 0 Å². The van der Waals surface area contributed by atoms with E-state index in [-0.39, 0.29) is 11.6 Å². The maximum absolute atomic E-state index is 12.7. The van der Waals surface area contributed by atoms with Crippen molar-refractivity contribution in [1.82, 2.24) is 4.90 Å². The summed E-state index contributed by atoms with van der Waals surface area (Å²) in [6.45, 7) is 3.13. The summed E-state index contributed by atoms with van der Waals surface area (Å²) in [4.78, 5) is 24.9. The number of likely N-dealkylation sites (tertiary alicyclic amines) is 1. The molecule has 1 aliphatic heterocycles. The van der Waals surface area contributed by atoms with Crippen LogP contribution in [0.2, 0.25) is 0 Å². The lowest BCUT2D eigenvalue weighted by Gasteiger charge is -2.33. The Balaban J connectivity index is 1.51. The second kappa shape index (κ2) is 8.66. The van der Waals surface area contributed by atoms with E-state index in [1.165, 1.54) is 17.7 Å². The smallest absolute Gasteiger partial charge is 0.273 e. The zero-order chi connectivity index (χ0) is 19.2. The van der Waals surface area contributed by atoms with E-state index >= 15 is 0 Å². The Kier molecular flexibility index (Phi) is 6.06. The number of piperidine rings is 1. The molecule has 0 radical (unpaired) electrons. The van der Waals surface area contributed by atoms with Crippen LogP contribution in [0.1, 0.15) is 25.3 Å². The third-order valence-corrected chi connectivity index (χ3v) is 4.98. The van der Waals surface area contributed by atoms with Crippen molar-refractivity contribution in [3.05, 3.63) is 70.3 Å². The van der Waals surface area contributed by atoms with Gasteiger partial charge in [0.1, 0.15) is 5.75 Å².